The maximum absolute atomic E-state index is 12.9. The highest BCUT2D eigenvalue weighted by atomic mass is 19.4. The zero-order chi connectivity index (χ0) is 17.5. The largest absolute Gasteiger partial charge is 0.417 e. The van der Waals surface area contributed by atoms with E-state index in [4.69, 9.17) is 0 Å². The molecule has 3 rings (SSSR count). The summed E-state index contributed by atoms with van der Waals surface area (Å²) in [5.74, 6) is 0.00556. The molecule has 2 aromatic heterocycles. The van der Waals surface area contributed by atoms with Gasteiger partial charge in [0, 0.05) is 12.2 Å². The number of aryl methyl sites for hydroxylation is 1. The highest BCUT2D eigenvalue weighted by molar-refractivity contribution is 5.94. The lowest BCUT2D eigenvalue weighted by Gasteiger charge is -2.29. The van der Waals surface area contributed by atoms with E-state index in [1.165, 1.54) is 10.5 Å². The fourth-order valence-corrected chi connectivity index (χ4v) is 3.37. The lowest BCUT2D eigenvalue weighted by Crippen LogP contribution is -2.41. The van der Waals surface area contributed by atoms with E-state index in [9.17, 15) is 18.0 Å². The fraction of sp³-hybridized carbons (Fsp3) is 0.529. The molecule has 2 unspecified atom stereocenters. The molecule has 2 aromatic rings. The van der Waals surface area contributed by atoms with Crippen LogP contribution in [0.15, 0.2) is 18.3 Å². The van der Waals surface area contributed by atoms with E-state index in [2.05, 4.69) is 17.2 Å². The summed E-state index contributed by atoms with van der Waals surface area (Å²) in [5, 5.41) is 2.98. The van der Waals surface area contributed by atoms with Gasteiger partial charge in [0.15, 0.2) is 0 Å². The first-order valence-corrected chi connectivity index (χ1v) is 8.14. The number of hydrogen-bond donors (Lipinski definition) is 1. The van der Waals surface area contributed by atoms with E-state index in [1.807, 2.05) is 0 Å². The fourth-order valence-electron chi connectivity index (χ4n) is 3.37. The number of fused-ring (bicyclic) bond motifs is 1. The number of pyridine rings is 1. The van der Waals surface area contributed by atoms with Gasteiger partial charge in [0.05, 0.1) is 11.3 Å². The maximum atomic E-state index is 12.9. The number of rotatable bonds is 2. The molecule has 0 aromatic carbocycles. The summed E-state index contributed by atoms with van der Waals surface area (Å²) < 4.78 is 40.1. The standard InChI is InChI=1S/C17H20F3N3O/c1-10-5-3-4-6-13(10)22-16(24)15-11(2)21-14-8-7-12(9-23(14)15)17(18,19)20/h7-10,13H,3-6H2,1-2H3,(H,22,24). The zero-order valence-corrected chi connectivity index (χ0v) is 13.7. The lowest BCUT2D eigenvalue weighted by atomic mass is 9.86. The van der Waals surface area contributed by atoms with Gasteiger partial charge in [-0.25, -0.2) is 4.98 Å². The molecule has 0 radical (unpaired) electrons. The van der Waals surface area contributed by atoms with Crippen molar-refractivity contribution in [2.75, 3.05) is 0 Å². The van der Waals surface area contributed by atoms with Crippen molar-refractivity contribution in [3.63, 3.8) is 0 Å². The third-order valence-corrected chi connectivity index (χ3v) is 4.76. The van der Waals surface area contributed by atoms with Gasteiger partial charge in [-0.1, -0.05) is 19.8 Å². The molecule has 1 fully saturated rings. The summed E-state index contributed by atoms with van der Waals surface area (Å²) in [4.78, 5) is 16.9. The van der Waals surface area contributed by atoms with Gasteiger partial charge in [-0.15, -0.1) is 0 Å². The number of nitrogens with zero attached hydrogens (tertiary/aromatic N) is 2. The zero-order valence-electron chi connectivity index (χ0n) is 13.7. The number of carbonyl (C=O) groups excluding carboxylic acids is 1. The highest BCUT2D eigenvalue weighted by Crippen LogP contribution is 2.30. The average molecular weight is 339 g/mol. The molecule has 7 heteroatoms. The van der Waals surface area contributed by atoms with Crippen molar-refractivity contribution in [2.24, 2.45) is 5.92 Å². The Morgan fingerprint density at radius 2 is 2.00 bits per heavy atom. The van der Waals surface area contributed by atoms with E-state index in [0.29, 0.717) is 17.3 Å². The van der Waals surface area contributed by atoms with Crippen molar-refractivity contribution in [1.82, 2.24) is 14.7 Å². The first-order valence-electron chi connectivity index (χ1n) is 8.14. The van der Waals surface area contributed by atoms with Crippen molar-refractivity contribution in [2.45, 2.75) is 51.7 Å². The summed E-state index contributed by atoms with van der Waals surface area (Å²) in [6.45, 7) is 3.73. The third-order valence-electron chi connectivity index (χ3n) is 4.76. The molecule has 1 N–H and O–H groups in total. The molecule has 0 bridgehead atoms. The Labute approximate surface area is 138 Å². The van der Waals surface area contributed by atoms with Crippen LogP contribution in [0, 0.1) is 12.8 Å². The highest BCUT2D eigenvalue weighted by Gasteiger charge is 2.32. The van der Waals surface area contributed by atoms with Crippen molar-refractivity contribution in [3.05, 3.63) is 35.3 Å². The topological polar surface area (TPSA) is 46.4 Å². The molecule has 0 saturated heterocycles. The van der Waals surface area contributed by atoms with Crippen LogP contribution in [0.2, 0.25) is 0 Å². The van der Waals surface area contributed by atoms with E-state index < -0.39 is 11.7 Å². The molecule has 2 heterocycles. The summed E-state index contributed by atoms with van der Waals surface area (Å²) in [6, 6.07) is 2.32. The predicted octanol–water partition coefficient (Wildman–Crippen LogP) is 3.97. The molecular formula is C17H20F3N3O. The number of nitrogens with one attached hydrogen (secondary N) is 1. The van der Waals surface area contributed by atoms with Crippen molar-refractivity contribution in [3.8, 4) is 0 Å². The number of amides is 1. The van der Waals surface area contributed by atoms with Gasteiger partial charge >= 0.3 is 6.18 Å². The van der Waals surface area contributed by atoms with Crippen LogP contribution in [-0.4, -0.2) is 21.3 Å². The SMILES string of the molecule is Cc1nc2ccc(C(F)(F)F)cn2c1C(=O)NC1CCCCC1C. The van der Waals surface area contributed by atoms with Crippen LogP contribution < -0.4 is 5.32 Å². The Bertz CT molecular complexity index is 766. The van der Waals surface area contributed by atoms with Gasteiger partial charge in [0.1, 0.15) is 11.3 Å². The van der Waals surface area contributed by atoms with Crippen molar-refractivity contribution >= 4 is 11.6 Å². The van der Waals surface area contributed by atoms with Crippen molar-refractivity contribution in [1.29, 1.82) is 0 Å². The van der Waals surface area contributed by atoms with Gasteiger partial charge < -0.3 is 5.32 Å². The minimum Gasteiger partial charge on any atom is -0.348 e. The Balaban J connectivity index is 1.95. The van der Waals surface area contributed by atoms with Crippen LogP contribution in [0.5, 0.6) is 0 Å². The predicted molar refractivity (Wildman–Crippen MR) is 83.8 cm³/mol. The summed E-state index contributed by atoms with van der Waals surface area (Å²) in [6.07, 6.45) is 0.634. The van der Waals surface area contributed by atoms with Crippen molar-refractivity contribution < 1.29 is 18.0 Å². The van der Waals surface area contributed by atoms with Gasteiger partial charge in [-0.05, 0) is 37.8 Å². The van der Waals surface area contributed by atoms with Crippen LogP contribution in [0.4, 0.5) is 13.2 Å². The number of carbonyl (C=O) groups is 1. The second-order valence-electron chi connectivity index (χ2n) is 6.53. The molecule has 0 spiro atoms. The summed E-state index contributed by atoms with van der Waals surface area (Å²) in [5.41, 5.74) is 0.138. The normalized spacial score (nSPS) is 21.9. The van der Waals surface area contributed by atoms with Gasteiger partial charge in [-0.2, -0.15) is 13.2 Å². The second kappa shape index (κ2) is 6.11. The monoisotopic (exact) mass is 339 g/mol. The number of aromatic nitrogens is 2. The smallest absolute Gasteiger partial charge is 0.348 e. The first-order chi connectivity index (χ1) is 11.3. The van der Waals surface area contributed by atoms with Crippen LogP contribution >= 0.6 is 0 Å². The average Bonchev–Trinajstić information content (AvgIpc) is 2.83. The molecule has 4 nitrogen and oxygen atoms in total. The van der Waals surface area contributed by atoms with Gasteiger partial charge in [0.2, 0.25) is 0 Å². The second-order valence-corrected chi connectivity index (χ2v) is 6.53. The minimum atomic E-state index is -4.46. The Kier molecular flexibility index (Phi) is 4.27. The first kappa shape index (κ1) is 16.8. The molecule has 130 valence electrons. The number of hydrogen-bond acceptors (Lipinski definition) is 2. The van der Waals surface area contributed by atoms with Crippen LogP contribution in [-0.2, 0) is 6.18 Å². The molecule has 24 heavy (non-hydrogen) atoms. The van der Waals surface area contributed by atoms with Crippen LogP contribution in [0.3, 0.4) is 0 Å². The number of alkyl halides is 3. The van der Waals surface area contributed by atoms with E-state index in [-0.39, 0.29) is 17.6 Å². The molecule has 1 aliphatic rings. The molecule has 1 aliphatic carbocycles. The molecule has 2 atom stereocenters. The van der Waals surface area contributed by atoms with Crippen LogP contribution in [0.25, 0.3) is 5.65 Å². The van der Waals surface area contributed by atoms with E-state index in [1.54, 1.807) is 6.92 Å². The quantitative estimate of drug-likeness (QED) is 0.900. The molecule has 0 aliphatic heterocycles. The Morgan fingerprint density at radius 1 is 1.29 bits per heavy atom. The maximum Gasteiger partial charge on any atom is 0.417 e. The minimum absolute atomic E-state index is 0.0574. The Hall–Kier alpha value is -2.05. The van der Waals surface area contributed by atoms with E-state index in [0.717, 1.165) is 37.9 Å². The van der Waals surface area contributed by atoms with E-state index >= 15 is 0 Å². The molecule has 1 saturated carbocycles. The number of halogens is 3. The summed E-state index contributed by atoms with van der Waals surface area (Å²) >= 11 is 0. The summed E-state index contributed by atoms with van der Waals surface area (Å²) in [7, 11) is 0. The van der Waals surface area contributed by atoms with Crippen LogP contribution in [0.1, 0.15) is 54.4 Å². The molecular weight excluding hydrogens is 319 g/mol. The number of imidazole rings is 1. The van der Waals surface area contributed by atoms with Gasteiger partial charge in [0.25, 0.3) is 5.91 Å². The lowest BCUT2D eigenvalue weighted by molar-refractivity contribution is -0.137. The Morgan fingerprint density at radius 3 is 2.67 bits per heavy atom. The molecule has 1 amide bonds. The third kappa shape index (κ3) is 3.12. The van der Waals surface area contributed by atoms with Gasteiger partial charge in [-0.3, -0.25) is 9.20 Å².